The topological polar surface area (TPSA) is 74.3 Å². The maximum Gasteiger partial charge on any atom is 0.252 e. The molecule has 3 N–H and O–H groups in total. The minimum Gasteiger partial charge on any atom is -0.491 e. The Labute approximate surface area is 165 Å². The molecule has 0 spiro atoms. The first kappa shape index (κ1) is 20.1. The third-order valence-electron chi connectivity index (χ3n) is 4.98. The van der Waals surface area contributed by atoms with Crippen molar-refractivity contribution in [2.24, 2.45) is 0 Å². The van der Waals surface area contributed by atoms with E-state index < -0.39 is 6.10 Å². The lowest BCUT2D eigenvalue weighted by atomic mass is 10.0. The second kappa shape index (κ2) is 8.59. The number of ether oxygens (including phenoxy) is 1. The highest BCUT2D eigenvalue weighted by Crippen LogP contribution is 2.20. The molecule has 0 bridgehead atoms. The zero-order valence-electron chi connectivity index (χ0n) is 16.9. The van der Waals surface area contributed by atoms with Crippen LogP contribution in [0.1, 0.15) is 27.8 Å². The number of hydrogen-bond acceptors (Lipinski definition) is 4. The van der Waals surface area contributed by atoms with Crippen LogP contribution >= 0.6 is 0 Å². The van der Waals surface area contributed by atoms with Gasteiger partial charge in [0.05, 0.1) is 5.52 Å². The number of pyridine rings is 1. The number of aliphatic hydroxyl groups is 1. The normalized spacial score (nSPS) is 12.3. The Balaban J connectivity index is 1.58. The number of H-pyrrole nitrogens is 1. The van der Waals surface area contributed by atoms with E-state index in [0.717, 1.165) is 33.3 Å². The zero-order chi connectivity index (χ0) is 20.3. The number of hydrogen-bond donors (Lipinski definition) is 3. The number of aliphatic hydroxyl groups excluding tert-OH is 1. The van der Waals surface area contributed by atoms with Crippen LogP contribution in [0.25, 0.3) is 10.9 Å². The van der Waals surface area contributed by atoms with Gasteiger partial charge in [-0.25, -0.2) is 0 Å². The second-order valence-corrected chi connectivity index (χ2v) is 7.48. The highest BCUT2D eigenvalue weighted by Gasteiger charge is 2.10. The van der Waals surface area contributed by atoms with E-state index in [0.29, 0.717) is 18.7 Å². The first-order valence-corrected chi connectivity index (χ1v) is 9.56. The number of rotatable bonds is 7. The summed E-state index contributed by atoms with van der Waals surface area (Å²) in [6.45, 7) is 8.97. The van der Waals surface area contributed by atoms with Gasteiger partial charge in [-0.2, -0.15) is 0 Å². The fourth-order valence-electron chi connectivity index (χ4n) is 3.33. The third-order valence-corrected chi connectivity index (χ3v) is 4.98. The number of aromatic amines is 1. The van der Waals surface area contributed by atoms with E-state index in [4.69, 9.17) is 4.74 Å². The first-order chi connectivity index (χ1) is 13.3. The largest absolute Gasteiger partial charge is 0.491 e. The van der Waals surface area contributed by atoms with Gasteiger partial charge in [-0.3, -0.25) is 4.79 Å². The van der Waals surface area contributed by atoms with Crippen molar-refractivity contribution in [1.29, 1.82) is 0 Å². The maximum absolute atomic E-state index is 12.4. The molecule has 5 nitrogen and oxygen atoms in total. The van der Waals surface area contributed by atoms with Gasteiger partial charge < -0.3 is 20.1 Å². The standard InChI is InChI=1S/C23H28N2O3/c1-14-5-8-21(17(4)9-14)28-13-19(26)12-24-11-18-10-20-15(2)6-7-16(3)22(20)25-23(18)27/h5-10,19,24,26H,11-13H2,1-4H3,(H,25,27)/t19-/m0/s1. The molecule has 148 valence electrons. The van der Waals surface area contributed by atoms with Gasteiger partial charge in [0.1, 0.15) is 18.5 Å². The van der Waals surface area contributed by atoms with Crippen molar-refractivity contribution in [3.63, 3.8) is 0 Å². The van der Waals surface area contributed by atoms with Crippen molar-refractivity contribution in [2.75, 3.05) is 13.2 Å². The van der Waals surface area contributed by atoms with Crippen LogP contribution in [-0.2, 0) is 6.54 Å². The maximum atomic E-state index is 12.4. The Morgan fingerprint density at radius 3 is 2.54 bits per heavy atom. The van der Waals surface area contributed by atoms with Gasteiger partial charge in [0.25, 0.3) is 5.56 Å². The molecule has 1 aromatic heterocycles. The molecular weight excluding hydrogens is 352 g/mol. The molecule has 5 heteroatoms. The Bertz CT molecular complexity index is 1040. The number of aryl methyl sites for hydroxylation is 4. The highest BCUT2D eigenvalue weighted by atomic mass is 16.5. The number of nitrogens with one attached hydrogen (secondary N) is 2. The predicted molar refractivity (Wildman–Crippen MR) is 113 cm³/mol. The predicted octanol–water partition coefficient (Wildman–Crippen LogP) is 3.29. The Morgan fingerprint density at radius 1 is 1.04 bits per heavy atom. The fourth-order valence-corrected chi connectivity index (χ4v) is 3.33. The molecule has 0 radical (unpaired) electrons. The van der Waals surface area contributed by atoms with Crippen LogP contribution in [0.3, 0.4) is 0 Å². The van der Waals surface area contributed by atoms with Crippen LogP contribution in [0, 0.1) is 27.7 Å². The number of aromatic nitrogens is 1. The summed E-state index contributed by atoms with van der Waals surface area (Å²) in [5, 5.41) is 14.4. The van der Waals surface area contributed by atoms with Crippen molar-refractivity contribution >= 4 is 10.9 Å². The van der Waals surface area contributed by atoms with Gasteiger partial charge in [0, 0.05) is 24.0 Å². The molecule has 0 saturated carbocycles. The molecule has 2 aromatic carbocycles. The highest BCUT2D eigenvalue weighted by molar-refractivity contribution is 5.85. The Hall–Kier alpha value is -2.63. The van der Waals surface area contributed by atoms with Crippen molar-refractivity contribution in [2.45, 2.75) is 40.3 Å². The van der Waals surface area contributed by atoms with Gasteiger partial charge in [-0.1, -0.05) is 29.8 Å². The quantitative estimate of drug-likeness (QED) is 0.588. The zero-order valence-corrected chi connectivity index (χ0v) is 16.9. The second-order valence-electron chi connectivity index (χ2n) is 7.48. The summed E-state index contributed by atoms with van der Waals surface area (Å²) in [5.41, 5.74) is 5.84. The average Bonchev–Trinajstić information content (AvgIpc) is 2.65. The van der Waals surface area contributed by atoms with E-state index >= 15 is 0 Å². The summed E-state index contributed by atoms with van der Waals surface area (Å²) in [7, 11) is 0. The molecule has 3 rings (SSSR count). The summed E-state index contributed by atoms with van der Waals surface area (Å²) in [4.78, 5) is 15.3. The van der Waals surface area contributed by atoms with Gasteiger partial charge in [0.2, 0.25) is 0 Å². The average molecular weight is 380 g/mol. The Morgan fingerprint density at radius 2 is 1.79 bits per heavy atom. The minimum absolute atomic E-state index is 0.102. The van der Waals surface area contributed by atoms with Gasteiger partial charge in [-0.05, 0) is 56.5 Å². The molecule has 1 heterocycles. The van der Waals surface area contributed by atoms with Crippen LogP contribution in [0.5, 0.6) is 5.75 Å². The molecule has 0 fully saturated rings. The summed E-state index contributed by atoms with van der Waals surface area (Å²) in [6, 6.07) is 12.0. The minimum atomic E-state index is -0.663. The third kappa shape index (κ3) is 4.61. The molecule has 0 unspecified atom stereocenters. The lowest BCUT2D eigenvalue weighted by molar-refractivity contribution is 0.106. The molecule has 28 heavy (non-hydrogen) atoms. The summed E-state index contributed by atoms with van der Waals surface area (Å²) >= 11 is 0. The monoisotopic (exact) mass is 380 g/mol. The van der Waals surface area contributed by atoms with Crippen LogP contribution in [0.15, 0.2) is 41.2 Å². The van der Waals surface area contributed by atoms with E-state index in [-0.39, 0.29) is 12.2 Å². The van der Waals surface area contributed by atoms with Crippen LogP contribution in [0.2, 0.25) is 0 Å². The van der Waals surface area contributed by atoms with E-state index in [1.807, 2.05) is 52.0 Å². The number of benzene rings is 2. The summed E-state index contributed by atoms with van der Waals surface area (Å²) < 4.78 is 5.71. The molecule has 0 amide bonds. The van der Waals surface area contributed by atoms with E-state index in [9.17, 15) is 9.90 Å². The lowest BCUT2D eigenvalue weighted by Gasteiger charge is -2.15. The van der Waals surface area contributed by atoms with Crippen molar-refractivity contribution < 1.29 is 9.84 Å². The van der Waals surface area contributed by atoms with Gasteiger partial charge in [-0.15, -0.1) is 0 Å². The van der Waals surface area contributed by atoms with Gasteiger partial charge in [0.15, 0.2) is 0 Å². The van der Waals surface area contributed by atoms with Crippen LogP contribution in [0.4, 0.5) is 0 Å². The van der Waals surface area contributed by atoms with Crippen molar-refractivity contribution in [3.05, 3.63) is 74.6 Å². The van der Waals surface area contributed by atoms with Crippen LogP contribution in [-0.4, -0.2) is 29.3 Å². The smallest absolute Gasteiger partial charge is 0.252 e. The molecule has 0 aliphatic carbocycles. The molecule has 0 aliphatic rings. The van der Waals surface area contributed by atoms with Gasteiger partial charge >= 0.3 is 0 Å². The lowest BCUT2D eigenvalue weighted by Crippen LogP contribution is -2.32. The van der Waals surface area contributed by atoms with Crippen molar-refractivity contribution in [1.82, 2.24) is 10.3 Å². The van der Waals surface area contributed by atoms with E-state index in [2.05, 4.69) is 22.4 Å². The summed E-state index contributed by atoms with van der Waals surface area (Å²) in [5.74, 6) is 0.779. The molecule has 0 saturated heterocycles. The molecule has 1 atom stereocenters. The molecular formula is C23H28N2O3. The van der Waals surface area contributed by atoms with E-state index in [1.54, 1.807) is 0 Å². The molecule has 3 aromatic rings. The van der Waals surface area contributed by atoms with Crippen molar-refractivity contribution in [3.8, 4) is 5.75 Å². The van der Waals surface area contributed by atoms with E-state index in [1.165, 1.54) is 5.56 Å². The molecule has 0 aliphatic heterocycles. The SMILES string of the molecule is Cc1ccc(OC[C@@H](O)CNCc2cc3c(C)ccc(C)c3[nH]c2=O)c(C)c1. The van der Waals surface area contributed by atoms with Crippen LogP contribution < -0.4 is 15.6 Å². The fraction of sp³-hybridized carbons (Fsp3) is 0.348. The Kier molecular flexibility index (Phi) is 6.17. The summed E-state index contributed by atoms with van der Waals surface area (Å²) in [6.07, 6.45) is -0.663. The first-order valence-electron chi connectivity index (χ1n) is 9.56. The number of fused-ring (bicyclic) bond motifs is 1.